The lowest BCUT2D eigenvalue weighted by atomic mass is 9.90. The number of rotatable bonds is 10. The second-order valence-corrected chi connectivity index (χ2v) is 11.1. The Morgan fingerprint density at radius 1 is 0.795 bits per heavy atom. The van der Waals surface area contributed by atoms with Gasteiger partial charge in [-0.1, -0.05) is 79.6 Å². The van der Waals surface area contributed by atoms with Gasteiger partial charge < -0.3 is 15.0 Å². The first-order valence-corrected chi connectivity index (χ1v) is 14.8. The van der Waals surface area contributed by atoms with E-state index in [0.717, 1.165) is 57.9 Å². The van der Waals surface area contributed by atoms with E-state index in [1.165, 1.54) is 36.8 Å². The van der Waals surface area contributed by atoms with Crippen molar-refractivity contribution < 1.29 is 9.53 Å². The molecule has 1 N–H and O–H groups in total. The van der Waals surface area contributed by atoms with Gasteiger partial charge in [0.1, 0.15) is 11.9 Å². The van der Waals surface area contributed by atoms with Crippen molar-refractivity contribution in [3.05, 3.63) is 102 Å². The highest BCUT2D eigenvalue weighted by Crippen LogP contribution is 2.28. The minimum Gasteiger partial charge on any atom is -0.489 e. The van der Waals surface area contributed by atoms with Crippen LogP contribution in [0.2, 0.25) is 0 Å². The van der Waals surface area contributed by atoms with Crippen molar-refractivity contribution in [3.63, 3.8) is 0 Å². The molecular formula is C34H43N3O2. The van der Waals surface area contributed by atoms with E-state index in [1.807, 2.05) is 24.3 Å². The zero-order valence-corrected chi connectivity index (χ0v) is 23.1. The Hall–Kier alpha value is -3.15. The summed E-state index contributed by atoms with van der Waals surface area (Å²) in [4.78, 5) is 17.9. The molecule has 5 nitrogen and oxygen atoms in total. The number of benzene rings is 3. The number of likely N-dealkylation sites (tertiary alicyclic amines) is 2. The lowest BCUT2D eigenvalue weighted by Crippen LogP contribution is -2.43. The minimum absolute atomic E-state index is 0.0193. The normalized spacial score (nSPS) is 18.9. The largest absolute Gasteiger partial charge is 0.489 e. The first kappa shape index (κ1) is 27.4. The van der Waals surface area contributed by atoms with Gasteiger partial charge in [0.05, 0.1) is 0 Å². The van der Waals surface area contributed by atoms with Gasteiger partial charge in [0.2, 0.25) is 0 Å². The molecule has 5 heteroatoms. The number of amides is 1. The molecule has 2 aliphatic heterocycles. The summed E-state index contributed by atoms with van der Waals surface area (Å²) in [5.41, 5.74) is 3.37. The van der Waals surface area contributed by atoms with Crippen LogP contribution in [0.1, 0.15) is 65.9 Å². The number of piperidine rings is 1. The number of ether oxygens (including phenoxy) is 1. The quantitative estimate of drug-likeness (QED) is 0.354. The van der Waals surface area contributed by atoms with Crippen LogP contribution in [0.3, 0.4) is 0 Å². The minimum atomic E-state index is -0.0193. The van der Waals surface area contributed by atoms with Crippen LogP contribution in [0.15, 0.2) is 84.9 Å². The zero-order valence-electron chi connectivity index (χ0n) is 23.1. The van der Waals surface area contributed by atoms with Crippen molar-refractivity contribution in [2.45, 2.75) is 50.5 Å². The first-order chi connectivity index (χ1) is 19.2. The van der Waals surface area contributed by atoms with Crippen molar-refractivity contribution in [3.8, 4) is 5.75 Å². The van der Waals surface area contributed by atoms with Crippen molar-refractivity contribution in [1.29, 1.82) is 0 Å². The van der Waals surface area contributed by atoms with Crippen LogP contribution in [0.5, 0.6) is 5.75 Å². The van der Waals surface area contributed by atoms with Gasteiger partial charge in [-0.2, -0.15) is 0 Å². The summed E-state index contributed by atoms with van der Waals surface area (Å²) in [6.45, 7) is 6.84. The molecule has 2 heterocycles. The number of carbonyl (C=O) groups excluding carboxylic acids is 1. The highest BCUT2D eigenvalue weighted by molar-refractivity contribution is 5.94. The molecule has 3 aromatic carbocycles. The Morgan fingerprint density at radius 3 is 2.15 bits per heavy atom. The fourth-order valence-corrected chi connectivity index (χ4v) is 6.00. The molecule has 2 fully saturated rings. The summed E-state index contributed by atoms with van der Waals surface area (Å²) in [5.74, 6) is 1.09. The maximum absolute atomic E-state index is 12.8. The third kappa shape index (κ3) is 8.17. The van der Waals surface area contributed by atoms with E-state index in [-0.39, 0.29) is 12.0 Å². The average molecular weight is 526 g/mol. The van der Waals surface area contributed by atoms with Crippen LogP contribution in [0, 0.1) is 0 Å². The lowest BCUT2D eigenvalue weighted by Gasteiger charge is -2.35. The summed E-state index contributed by atoms with van der Waals surface area (Å²) >= 11 is 0. The van der Waals surface area contributed by atoms with Gasteiger partial charge in [0, 0.05) is 37.7 Å². The number of hydrogen-bond donors (Lipinski definition) is 1. The number of nitrogens with one attached hydrogen (secondary N) is 1. The van der Waals surface area contributed by atoms with E-state index >= 15 is 0 Å². The number of hydrogen-bond acceptors (Lipinski definition) is 4. The molecule has 1 atom stereocenters. The van der Waals surface area contributed by atoms with Crippen LogP contribution in [0.25, 0.3) is 0 Å². The van der Waals surface area contributed by atoms with Crippen LogP contribution >= 0.6 is 0 Å². The predicted molar refractivity (Wildman–Crippen MR) is 159 cm³/mol. The smallest absolute Gasteiger partial charge is 0.251 e. The Morgan fingerprint density at radius 2 is 1.46 bits per heavy atom. The summed E-state index contributed by atoms with van der Waals surface area (Å²) < 4.78 is 6.45. The first-order valence-electron chi connectivity index (χ1n) is 14.8. The monoisotopic (exact) mass is 525 g/mol. The van der Waals surface area contributed by atoms with Gasteiger partial charge in [-0.15, -0.1) is 0 Å². The standard InChI is InChI=1S/C34H43N3O2/c38-34(35-20-24-36-21-9-1-2-10-22-36)30-17-11-18-31(25-30)39-32-19-12-23-37(26-32)27-33(28-13-5-3-6-14-28)29-15-7-4-8-16-29/h3-8,11,13-18,25,32-33H,1-2,9-10,12,19-24,26-27H2,(H,35,38). The number of carbonyl (C=O) groups is 1. The van der Waals surface area contributed by atoms with Gasteiger partial charge in [-0.25, -0.2) is 0 Å². The van der Waals surface area contributed by atoms with Gasteiger partial charge >= 0.3 is 0 Å². The Balaban J connectivity index is 1.16. The summed E-state index contributed by atoms with van der Waals surface area (Å²) in [6, 6.07) is 29.3. The Labute approximate surface area is 234 Å². The fourth-order valence-electron chi connectivity index (χ4n) is 6.00. The molecule has 0 aromatic heterocycles. The van der Waals surface area contributed by atoms with Gasteiger partial charge in [-0.05, 0) is 74.6 Å². The second-order valence-electron chi connectivity index (χ2n) is 11.1. The molecule has 2 aliphatic rings. The maximum atomic E-state index is 12.8. The zero-order chi connectivity index (χ0) is 26.7. The highest BCUT2D eigenvalue weighted by atomic mass is 16.5. The van der Waals surface area contributed by atoms with Gasteiger partial charge in [0.25, 0.3) is 5.91 Å². The Kier molecular flexibility index (Phi) is 10.1. The molecule has 0 aliphatic carbocycles. The summed E-state index contributed by atoms with van der Waals surface area (Å²) in [6.07, 6.45) is 7.45. The molecule has 0 spiro atoms. The topological polar surface area (TPSA) is 44.8 Å². The lowest BCUT2D eigenvalue weighted by molar-refractivity contribution is 0.0860. The molecule has 0 saturated carbocycles. The molecular weight excluding hydrogens is 482 g/mol. The van der Waals surface area contributed by atoms with E-state index < -0.39 is 0 Å². The van der Waals surface area contributed by atoms with E-state index in [2.05, 4.69) is 75.8 Å². The van der Waals surface area contributed by atoms with Crippen molar-refractivity contribution >= 4 is 5.91 Å². The van der Waals surface area contributed by atoms with E-state index in [0.29, 0.717) is 18.0 Å². The molecule has 1 unspecified atom stereocenters. The third-order valence-electron chi connectivity index (χ3n) is 8.12. The van der Waals surface area contributed by atoms with Gasteiger partial charge in [0.15, 0.2) is 0 Å². The third-order valence-corrected chi connectivity index (χ3v) is 8.12. The SMILES string of the molecule is O=C(NCCN1CCCCCC1)c1cccc(OC2CCCN(CC(c3ccccc3)c3ccccc3)C2)c1. The summed E-state index contributed by atoms with van der Waals surface area (Å²) in [7, 11) is 0. The van der Waals surface area contributed by atoms with Crippen molar-refractivity contribution in [2.75, 3.05) is 45.8 Å². The van der Waals surface area contributed by atoms with Crippen LogP contribution in [-0.4, -0.2) is 67.6 Å². The number of nitrogens with zero attached hydrogens (tertiary/aromatic N) is 2. The predicted octanol–water partition coefficient (Wildman–Crippen LogP) is 5.97. The van der Waals surface area contributed by atoms with E-state index in [1.54, 1.807) is 0 Å². The van der Waals surface area contributed by atoms with Crippen LogP contribution < -0.4 is 10.1 Å². The van der Waals surface area contributed by atoms with Crippen molar-refractivity contribution in [1.82, 2.24) is 15.1 Å². The second kappa shape index (κ2) is 14.3. The van der Waals surface area contributed by atoms with Crippen LogP contribution in [0.4, 0.5) is 0 Å². The highest BCUT2D eigenvalue weighted by Gasteiger charge is 2.25. The summed E-state index contributed by atoms with van der Waals surface area (Å²) in [5, 5.41) is 3.11. The molecule has 206 valence electrons. The average Bonchev–Trinajstić information content (AvgIpc) is 3.26. The molecule has 5 rings (SSSR count). The molecule has 39 heavy (non-hydrogen) atoms. The van der Waals surface area contributed by atoms with Crippen LogP contribution in [-0.2, 0) is 0 Å². The molecule has 3 aromatic rings. The molecule has 0 radical (unpaired) electrons. The molecule has 2 saturated heterocycles. The maximum Gasteiger partial charge on any atom is 0.251 e. The van der Waals surface area contributed by atoms with E-state index in [9.17, 15) is 4.79 Å². The van der Waals surface area contributed by atoms with E-state index in [4.69, 9.17) is 4.74 Å². The molecule has 1 amide bonds. The molecule has 0 bridgehead atoms. The van der Waals surface area contributed by atoms with Crippen molar-refractivity contribution in [2.24, 2.45) is 0 Å². The fraction of sp³-hybridized carbons (Fsp3) is 0.441. The Bertz CT molecular complexity index is 1110. The van der Waals surface area contributed by atoms with Gasteiger partial charge in [-0.3, -0.25) is 9.69 Å².